The molecule has 0 radical (unpaired) electrons. The van der Waals surface area contributed by atoms with Gasteiger partial charge in [0.1, 0.15) is 6.42 Å². The van der Waals surface area contributed by atoms with E-state index in [1.165, 1.54) is 18.2 Å². The molecule has 0 spiro atoms. The molecule has 0 aliphatic rings. The van der Waals surface area contributed by atoms with E-state index >= 15 is 0 Å². The molecule has 0 amide bonds. The zero-order chi connectivity index (χ0) is 13.3. The molecule has 1 aromatic carbocycles. The molecule has 1 heterocycles. The highest BCUT2D eigenvalue weighted by Gasteiger charge is 2.19. The predicted octanol–water partition coefficient (Wildman–Crippen LogP) is 0.348. The predicted molar refractivity (Wildman–Crippen MR) is 58.4 cm³/mol. The van der Waals surface area contributed by atoms with Crippen molar-refractivity contribution >= 4 is 28.6 Å². The summed E-state index contributed by atoms with van der Waals surface area (Å²) in [7, 11) is 0. The van der Waals surface area contributed by atoms with E-state index in [4.69, 9.17) is 9.52 Å². The van der Waals surface area contributed by atoms with Gasteiger partial charge in [0, 0.05) is 5.56 Å². The fourth-order valence-electron chi connectivity index (χ4n) is 1.47. The largest absolute Gasteiger partial charge is 0.481 e. The van der Waals surface area contributed by atoms with Gasteiger partial charge in [-0.15, -0.1) is 0 Å². The van der Waals surface area contributed by atoms with Crippen molar-refractivity contribution in [2.75, 3.05) is 0 Å². The summed E-state index contributed by atoms with van der Waals surface area (Å²) in [6.07, 6.45) is -0.862. The number of fused-ring (bicyclic) bond motifs is 1. The van der Waals surface area contributed by atoms with Gasteiger partial charge in [0.25, 0.3) is 0 Å². The van der Waals surface area contributed by atoms with Crippen LogP contribution in [0.3, 0.4) is 0 Å². The summed E-state index contributed by atoms with van der Waals surface area (Å²) in [5.41, 5.74) is 0.530. The summed E-state index contributed by atoms with van der Waals surface area (Å²) in [4.78, 5) is 46.4. The average molecular weight is 249 g/mol. The number of hydrogen-bond acceptors (Lipinski definition) is 5. The fourth-order valence-corrected chi connectivity index (χ4v) is 1.47. The van der Waals surface area contributed by atoms with E-state index in [1.807, 2.05) is 0 Å². The van der Waals surface area contributed by atoms with Crippen LogP contribution >= 0.6 is 0 Å². The maximum Gasteiger partial charge on any atom is 0.417 e. The Morgan fingerprint density at radius 3 is 2.67 bits per heavy atom. The quantitative estimate of drug-likeness (QED) is 0.458. The minimum atomic E-state index is -1.37. The first-order valence-corrected chi connectivity index (χ1v) is 4.89. The second-order valence-corrected chi connectivity index (χ2v) is 3.55. The van der Waals surface area contributed by atoms with Crippen LogP contribution in [0.4, 0.5) is 0 Å². The van der Waals surface area contributed by atoms with Gasteiger partial charge in [-0.2, -0.15) is 0 Å². The van der Waals surface area contributed by atoms with E-state index in [0.29, 0.717) is 0 Å². The van der Waals surface area contributed by atoms with Gasteiger partial charge in [-0.25, -0.2) is 4.79 Å². The lowest BCUT2D eigenvalue weighted by molar-refractivity contribution is -0.139. The van der Waals surface area contributed by atoms with Crippen molar-refractivity contribution in [1.82, 2.24) is 4.98 Å². The Balaban J connectivity index is 2.36. The SMILES string of the molecule is O=C(O)CC(=O)C(=O)c1ccc2oc(=O)[nH]c2c1. The first-order chi connectivity index (χ1) is 8.47. The Morgan fingerprint density at radius 1 is 1.28 bits per heavy atom. The molecule has 2 rings (SSSR count). The third-order valence-corrected chi connectivity index (χ3v) is 2.25. The smallest absolute Gasteiger partial charge is 0.417 e. The molecule has 0 aliphatic carbocycles. The summed E-state index contributed by atoms with van der Waals surface area (Å²) in [6.45, 7) is 0. The number of benzene rings is 1. The van der Waals surface area contributed by atoms with Crippen LogP contribution in [0.2, 0.25) is 0 Å². The standard InChI is InChI=1S/C11H7NO6/c13-7(4-9(14)15)10(16)5-1-2-8-6(3-5)12-11(17)18-8/h1-3H,4H2,(H,12,17)(H,14,15). The number of carbonyl (C=O) groups excluding carboxylic acids is 2. The monoisotopic (exact) mass is 249 g/mol. The Kier molecular flexibility index (Phi) is 2.80. The third kappa shape index (κ3) is 2.19. The minimum Gasteiger partial charge on any atom is -0.481 e. The third-order valence-electron chi connectivity index (χ3n) is 2.25. The molecule has 0 saturated heterocycles. The number of carbonyl (C=O) groups is 3. The highest BCUT2D eigenvalue weighted by atomic mass is 16.4. The normalized spacial score (nSPS) is 10.4. The number of H-pyrrole nitrogens is 1. The summed E-state index contributed by atoms with van der Waals surface area (Å²) >= 11 is 0. The van der Waals surface area contributed by atoms with Gasteiger partial charge in [0.2, 0.25) is 11.6 Å². The van der Waals surface area contributed by atoms with Gasteiger partial charge in [-0.3, -0.25) is 19.4 Å². The number of oxazole rings is 1. The maximum atomic E-state index is 11.6. The molecular weight excluding hydrogens is 242 g/mol. The Hall–Kier alpha value is -2.70. The first-order valence-electron chi connectivity index (χ1n) is 4.89. The summed E-state index contributed by atoms with van der Waals surface area (Å²) in [5, 5.41) is 8.42. The number of ketones is 2. The van der Waals surface area contributed by atoms with E-state index in [9.17, 15) is 19.2 Å². The van der Waals surface area contributed by atoms with E-state index < -0.39 is 29.7 Å². The van der Waals surface area contributed by atoms with E-state index in [1.54, 1.807) is 0 Å². The maximum absolute atomic E-state index is 11.6. The van der Waals surface area contributed by atoms with Crippen molar-refractivity contribution in [3.05, 3.63) is 34.3 Å². The van der Waals surface area contributed by atoms with Crippen LogP contribution in [-0.4, -0.2) is 27.6 Å². The van der Waals surface area contributed by atoms with E-state index in [2.05, 4.69) is 4.98 Å². The Morgan fingerprint density at radius 2 is 2.00 bits per heavy atom. The fraction of sp³-hybridized carbons (Fsp3) is 0.0909. The van der Waals surface area contributed by atoms with Crippen molar-refractivity contribution in [3.63, 3.8) is 0 Å². The lowest BCUT2D eigenvalue weighted by Crippen LogP contribution is -2.17. The van der Waals surface area contributed by atoms with Crippen molar-refractivity contribution < 1.29 is 23.9 Å². The highest BCUT2D eigenvalue weighted by molar-refractivity contribution is 6.45. The van der Waals surface area contributed by atoms with Crippen LogP contribution in [0.5, 0.6) is 0 Å². The van der Waals surface area contributed by atoms with Crippen molar-refractivity contribution in [2.24, 2.45) is 0 Å². The number of nitrogens with one attached hydrogen (secondary N) is 1. The van der Waals surface area contributed by atoms with Crippen LogP contribution in [0.25, 0.3) is 11.1 Å². The number of aromatic nitrogens is 1. The van der Waals surface area contributed by atoms with Crippen LogP contribution in [0, 0.1) is 0 Å². The van der Waals surface area contributed by atoms with Gasteiger partial charge < -0.3 is 9.52 Å². The minimum absolute atomic E-state index is 0.00537. The van der Waals surface area contributed by atoms with Crippen LogP contribution < -0.4 is 5.76 Å². The van der Waals surface area contributed by atoms with Crippen LogP contribution in [0.1, 0.15) is 16.8 Å². The van der Waals surface area contributed by atoms with E-state index in [-0.39, 0.29) is 16.7 Å². The lowest BCUT2D eigenvalue weighted by atomic mass is 10.1. The molecule has 0 saturated carbocycles. The molecular formula is C11H7NO6. The second kappa shape index (κ2) is 4.28. The van der Waals surface area contributed by atoms with Crippen LogP contribution in [-0.2, 0) is 9.59 Å². The number of Topliss-reactive ketones (excluding diaryl/α,β-unsaturated/α-hetero) is 2. The van der Waals surface area contributed by atoms with Crippen LogP contribution in [0.15, 0.2) is 27.4 Å². The second-order valence-electron chi connectivity index (χ2n) is 3.55. The van der Waals surface area contributed by atoms with Gasteiger partial charge in [-0.1, -0.05) is 0 Å². The van der Waals surface area contributed by atoms with Crippen molar-refractivity contribution in [1.29, 1.82) is 0 Å². The number of carboxylic acid groups (broad SMARTS) is 1. The Bertz CT molecular complexity index is 708. The number of rotatable bonds is 4. The molecule has 1 aromatic heterocycles. The summed E-state index contributed by atoms with van der Waals surface area (Å²) < 4.78 is 4.73. The molecule has 0 bridgehead atoms. The van der Waals surface area contributed by atoms with Crippen molar-refractivity contribution in [2.45, 2.75) is 6.42 Å². The topological polar surface area (TPSA) is 117 Å². The summed E-state index contributed by atoms with van der Waals surface area (Å²) in [5.74, 6) is -3.98. The molecule has 2 aromatic rings. The number of aromatic amines is 1. The van der Waals surface area contributed by atoms with Gasteiger partial charge in [-0.05, 0) is 18.2 Å². The van der Waals surface area contributed by atoms with Gasteiger partial charge in [0.15, 0.2) is 5.58 Å². The molecule has 0 atom stereocenters. The molecule has 2 N–H and O–H groups in total. The molecule has 7 heteroatoms. The van der Waals surface area contributed by atoms with Gasteiger partial charge >= 0.3 is 11.7 Å². The molecule has 0 unspecified atom stereocenters. The van der Waals surface area contributed by atoms with E-state index in [0.717, 1.165) is 0 Å². The molecule has 0 fully saturated rings. The van der Waals surface area contributed by atoms with Gasteiger partial charge in [0.05, 0.1) is 5.52 Å². The first kappa shape index (κ1) is 11.8. The number of carboxylic acids is 1. The molecule has 92 valence electrons. The zero-order valence-electron chi connectivity index (χ0n) is 8.93. The highest BCUT2D eigenvalue weighted by Crippen LogP contribution is 2.13. The molecule has 7 nitrogen and oxygen atoms in total. The Labute approximate surface area is 99.0 Å². The lowest BCUT2D eigenvalue weighted by Gasteiger charge is -1.97. The van der Waals surface area contributed by atoms with Crippen molar-refractivity contribution in [3.8, 4) is 0 Å². The summed E-state index contributed by atoms with van der Waals surface area (Å²) in [6, 6.07) is 3.91. The average Bonchev–Trinajstić information content (AvgIpc) is 2.65. The zero-order valence-corrected chi connectivity index (χ0v) is 8.93. The number of aliphatic carboxylic acids is 1. The number of hydrogen-bond donors (Lipinski definition) is 2. The molecule has 0 aliphatic heterocycles. The molecule has 18 heavy (non-hydrogen) atoms.